The van der Waals surface area contributed by atoms with Crippen molar-refractivity contribution in [2.45, 2.75) is 57.3 Å². The number of alkyl halides is 3. The molecule has 1 atom stereocenters. The number of anilines is 1. The number of carbonyl (C=O) groups excluding carboxylic acids is 1. The number of amides is 1. The first-order valence-electron chi connectivity index (χ1n) is 16.5. The summed E-state index contributed by atoms with van der Waals surface area (Å²) in [6.45, 7) is 4.84. The maximum Gasteiger partial charge on any atom is 0.417 e. The second kappa shape index (κ2) is 14.3. The van der Waals surface area contributed by atoms with Gasteiger partial charge in [0.1, 0.15) is 5.82 Å². The Morgan fingerprint density at radius 1 is 1.00 bits per heavy atom. The predicted molar refractivity (Wildman–Crippen MR) is 182 cm³/mol. The SMILES string of the molecule is CN1CCN(c2ccc(-c3nc4cc(C(CC(N)=O)NCC5CCCCC5)ccc4n3Cc3ccc(Cl)c(C(F)(F)F)c3)cc2)CC1. The summed E-state index contributed by atoms with van der Waals surface area (Å²) in [5, 5.41) is 3.27. The van der Waals surface area contributed by atoms with E-state index in [2.05, 4.69) is 34.3 Å². The largest absolute Gasteiger partial charge is 0.417 e. The number of aromatic nitrogens is 2. The van der Waals surface area contributed by atoms with Crippen molar-refractivity contribution < 1.29 is 18.0 Å². The number of rotatable bonds is 10. The van der Waals surface area contributed by atoms with Crippen LogP contribution >= 0.6 is 11.6 Å². The van der Waals surface area contributed by atoms with Crippen molar-refractivity contribution in [1.82, 2.24) is 19.8 Å². The quantitative estimate of drug-likeness (QED) is 0.186. The Morgan fingerprint density at radius 3 is 2.40 bits per heavy atom. The minimum absolute atomic E-state index is 0.157. The number of imidazole rings is 1. The minimum Gasteiger partial charge on any atom is -0.370 e. The van der Waals surface area contributed by atoms with E-state index in [1.165, 1.54) is 38.2 Å². The highest BCUT2D eigenvalue weighted by atomic mass is 35.5. The third kappa shape index (κ3) is 7.93. The predicted octanol–water partition coefficient (Wildman–Crippen LogP) is 7.26. The first kappa shape index (κ1) is 33.3. The van der Waals surface area contributed by atoms with E-state index in [0.29, 0.717) is 22.8 Å². The maximum absolute atomic E-state index is 13.8. The summed E-state index contributed by atoms with van der Waals surface area (Å²) in [5.41, 5.74) is 9.63. The van der Waals surface area contributed by atoms with Crippen LogP contribution in [-0.4, -0.2) is 60.1 Å². The Kier molecular flexibility index (Phi) is 10.1. The van der Waals surface area contributed by atoms with E-state index in [4.69, 9.17) is 22.3 Å². The van der Waals surface area contributed by atoms with Gasteiger partial charge < -0.3 is 25.4 Å². The second-order valence-corrected chi connectivity index (χ2v) is 13.5. The lowest BCUT2D eigenvalue weighted by molar-refractivity contribution is -0.137. The van der Waals surface area contributed by atoms with Crippen molar-refractivity contribution in [1.29, 1.82) is 0 Å². The van der Waals surface area contributed by atoms with Gasteiger partial charge in [0.05, 0.1) is 21.6 Å². The number of hydrogen-bond donors (Lipinski definition) is 2. The van der Waals surface area contributed by atoms with Crippen molar-refractivity contribution in [3.8, 4) is 11.4 Å². The van der Waals surface area contributed by atoms with Crippen molar-refractivity contribution in [2.75, 3.05) is 44.7 Å². The summed E-state index contributed by atoms with van der Waals surface area (Å²) in [6.07, 6.45) is 1.68. The van der Waals surface area contributed by atoms with Gasteiger partial charge in [0.2, 0.25) is 5.91 Å². The van der Waals surface area contributed by atoms with Gasteiger partial charge in [-0.25, -0.2) is 4.98 Å². The smallest absolute Gasteiger partial charge is 0.370 e. The molecular weight excluding hydrogens is 625 g/mol. The molecule has 0 spiro atoms. The highest BCUT2D eigenvalue weighted by molar-refractivity contribution is 6.31. The summed E-state index contributed by atoms with van der Waals surface area (Å²) in [7, 11) is 2.12. The molecule has 0 bridgehead atoms. The molecule has 1 saturated heterocycles. The van der Waals surface area contributed by atoms with E-state index in [1.807, 2.05) is 34.9 Å². The highest BCUT2D eigenvalue weighted by Gasteiger charge is 2.33. The van der Waals surface area contributed by atoms with E-state index < -0.39 is 11.7 Å². The van der Waals surface area contributed by atoms with Crippen LogP contribution in [0.4, 0.5) is 18.9 Å². The molecule has 1 aliphatic carbocycles. The lowest BCUT2D eigenvalue weighted by Crippen LogP contribution is -2.44. The summed E-state index contributed by atoms with van der Waals surface area (Å²) < 4.78 is 43.2. The number of piperazine rings is 1. The number of carbonyl (C=O) groups is 1. The van der Waals surface area contributed by atoms with Gasteiger partial charge in [-0.2, -0.15) is 13.2 Å². The lowest BCUT2D eigenvalue weighted by atomic mass is 9.89. The summed E-state index contributed by atoms with van der Waals surface area (Å²) >= 11 is 5.95. The number of nitrogens with one attached hydrogen (secondary N) is 1. The molecule has 2 fully saturated rings. The van der Waals surface area contributed by atoms with Crippen LogP contribution in [0.5, 0.6) is 0 Å². The fourth-order valence-electron chi connectivity index (χ4n) is 6.91. The lowest BCUT2D eigenvalue weighted by Gasteiger charge is -2.34. The third-order valence-electron chi connectivity index (χ3n) is 9.63. The average Bonchev–Trinajstić information content (AvgIpc) is 3.41. The number of primary amides is 1. The Balaban J connectivity index is 1.36. The average molecular weight is 667 g/mol. The van der Waals surface area contributed by atoms with Gasteiger partial charge in [0.25, 0.3) is 0 Å². The van der Waals surface area contributed by atoms with E-state index in [9.17, 15) is 18.0 Å². The minimum atomic E-state index is -4.57. The molecule has 1 saturated carbocycles. The van der Waals surface area contributed by atoms with Gasteiger partial charge in [0, 0.05) is 56.4 Å². The van der Waals surface area contributed by atoms with Crippen molar-refractivity contribution in [3.63, 3.8) is 0 Å². The fraction of sp³-hybridized carbons (Fsp3) is 0.444. The summed E-state index contributed by atoms with van der Waals surface area (Å²) in [6, 6.07) is 17.9. The normalized spacial score (nSPS) is 17.3. The number of nitrogens with zero attached hydrogens (tertiary/aromatic N) is 4. The fourth-order valence-corrected chi connectivity index (χ4v) is 7.13. The van der Waals surface area contributed by atoms with Crippen molar-refractivity contribution in [3.05, 3.63) is 82.4 Å². The van der Waals surface area contributed by atoms with Crippen molar-refractivity contribution in [2.24, 2.45) is 11.7 Å². The molecule has 1 aliphatic heterocycles. The summed E-state index contributed by atoms with van der Waals surface area (Å²) in [5.74, 6) is 0.830. The van der Waals surface area contributed by atoms with Gasteiger partial charge in [-0.05, 0) is 92.0 Å². The molecule has 2 heterocycles. The number of benzene rings is 3. The van der Waals surface area contributed by atoms with Crippen LogP contribution in [0.2, 0.25) is 5.02 Å². The van der Waals surface area contributed by atoms with Gasteiger partial charge in [-0.3, -0.25) is 4.79 Å². The third-order valence-corrected chi connectivity index (χ3v) is 9.96. The Labute approximate surface area is 278 Å². The van der Waals surface area contributed by atoms with Crippen LogP contribution in [0.1, 0.15) is 61.3 Å². The monoisotopic (exact) mass is 666 g/mol. The molecule has 1 amide bonds. The van der Waals surface area contributed by atoms with Crippen molar-refractivity contribution >= 4 is 34.2 Å². The van der Waals surface area contributed by atoms with E-state index >= 15 is 0 Å². The molecule has 4 aromatic rings. The summed E-state index contributed by atoms with van der Waals surface area (Å²) in [4.78, 5) is 21.8. The molecule has 11 heteroatoms. The molecule has 47 heavy (non-hydrogen) atoms. The zero-order chi connectivity index (χ0) is 33.1. The second-order valence-electron chi connectivity index (χ2n) is 13.1. The highest BCUT2D eigenvalue weighted by Crippen LogP contribution is 2.36. The van der Waals surface area contributed by atoms with Crippen LogP contribution in [0, 0.1) is 5.92 Å². The first-order chi connectivity index (χ1) is 22.5. The van der Waals surface area contributed by atoms with Crippen LogP contribution in [0.25, 0.3) is 22.4 Å². The Morgan fingerprint density at radius 2 is 1.72 bits per heavy atom. The van der Waals surface area contributed by atoms with Crippen LogP contribution in [0.15, 0.2) is 60.7 Å². The molecule has 7 nitrogen and oxygen atoms in total. The topological polar surface area (TPSA) is 79.4 Å². The van der Waals surface area contributed by atoms with Crippen LogP contribution < -0.4 is 16.0 Å². The Bertz CT molecular complexity index is 1690. The zero-order valence-electron chi connectivity index (χ0n) is 26.7. The van der Waals surface area contributed by atoms with Crippen LogP contribution in [-0.2, 0) is 17.5 Å². The van der Waals surface area contributed by atoms with Gasteiger partial charge in [-0.1, -0.05) is 43.0 Å². The van der Waals surface area contributed by atoms with Crippen LogP contribution in [0.3, 0.4) is 0 Å². The molecule has 1 aromatic heterocycles. The Hall–Kier alpha value is -3.60. The first-order valence-corrected chi connectivity index (χ1v) is 16.8. The molecule has 1 unspecified atom stereocenters. The van der Waals surface area contributed by atoms with Gasteiger partial charge in [-0.15, -0.1) is 0 Å². The molecule has 0 radical (unpaired) electrons. The molecule has 2 aliphatic rings. The van der Waals surface area contributed by atoms with Gasteiger partial charge in [0.15, 0.2) is 0 Å². The van der Waals surface area contributed by atoms with Gasteiger partial charge >= 0.3 is 6.18 Å². The zero-order valence-corrected chi connectivity index (χ0v) is 27.5. The molecule has 250 valence electrons. The van der Waals surface area contributed by atoms with E-state index in [0.717, 1.165) is 61.1 Å². The van der Waals surface area contributed by atoms with E-state index in [-0.39, 0.29) is 29.9 Å². The maximum atomic E-state index is 13.8. The molecule has 6 rings (SSSR count). The number of halogens is 4. The number of hydrogen-bond acceptors (Lipinski definition) is 5. The number of nitrogens with two attached hydrogens (primary N) is 1. The van der Waals surface area contributed by atoms with E-state index in [1.54, 1.807) is 6.07 Å². The molecular formula is C36H42ClF3N6O. The standard InChI is InChI=1S/C36H42ClF3N6O/c1-44-15-17-45(18-16-44)28-11-8-26(9-12-28)35-43-32-20-27(31(21-34(41)47)42-22-24-5-3-2-4-6-24)10-14-33(32)46(35)23-25-7-13-30(37)29(19-25)36(38,39)40/h7-14,19-20,24,31,42H,2-6,15-18,21-23H2,1H3,(H2,41,47). The molecule has 3 N–H and O–H groups in total. The number of likely N-dealkylation sites (N-methyl/N-ethyl adjacent to an activating group) is 1. The molecule has 3 aromatic carbocycles. The number of fused-ring (bicyclic) bond motifs is 1.